The lowest BCUT2D eigenvalue weighted by atomic mass is 9.90. The molecule has 9 amide bonds. The smallest absolute Gasteiger partial charge is 0.357 e. The maximum Gasteiger partial charge on any atom is 0.357 e. The third-order valence-electron chi connectivity index (χ3n) is 19.2. The van der Waals surface area contributed by atoms with Gasteiger partial charge in [0.25, 0.3) is 0 Å². The molecule has 0 saturated carbocycles. The Morgan fingerprint density at radius 2 is 0.974 bits per heavy atom. The number of carboxylic acids is 4. The van der Waals surface area contributed by atoms with Gasteiger partial charge in [0.15, 0.2) is 5.96 Å². The summed E-state index contributed by atoms with van der Waals surface area (Å²) in [7, 11) is 0. The van der Waals surface area contributed by atoms with Gasteiger partial charge in [-0.3, -0.25) is 67.5 Å². The lowest BCUT2D eigenvalue weighted by Gasteiger charge is -2.32. The van der Waals surface area contributed by atoms with Gasteiger partial charge in [-0.15, -0.1) is 0 Å². The van der Waals surface area contributed by atoms with Crippen LogP contribution in [0.3, 0.4) is 0 Å². The Bertz CT molecular complexity index is 3440. The number of unbranched alkanes of at least 4 members (excludes halogenated alkanes) is 14. The number of nitrogens with zero attached hydrogens (tertiary/aromatic N) is 5. The Hall–Kier alpha value is -10.0. The number of ether oxygens (including phenoxy) is 1. The van der Waals surface area contributed by atoms with Gasteiger partial charge in [-0.25, -0.2) is 9.59 Å². The molecule has 17 N–H and O–H groups in total. The Labute approximate surface area is 668 Å². The van der Waals surface area contributed by atoms with Crippen molar-refractivity contribution < 1.29 is 92.9 Å². The van der Waals surface area contributed by atoms with Gasteiger partial charge in [-0.05, 0) is 92.3 Å². The van der Waals surface area contributed by atoms with Crippen LogP contribution in [-0.2, 0) is 59.3 Å². The molecule has 1 aliphatic rings. The summed E-state index contributed by atoms with van der Waals surface area (Å²) in [5, 5.41) is 84.4. The molecule has 1 heterocycles. The molecule has 4 rings (SSSR count). The first-order valence-electron chi connectivity index (χ1n) is 40.2. The van der Waals surface area contributed by atoms with Crippen LogP contribution in [0.25, 0.3) is 0 Å². The van der Waals surface area contributed by atoms with Crippen LogP contribution >= 0.6 is 0 Å². The van der Waals surface area contributed by atoms with E-state index >= 15 is 0 Å². The third-order valence-corrected chi connectivity index (χ3v) is 19.2. The number of carboxylic acid groups (broad SMARTS) is 4. The van der Waals surface area contributed by atoms with E-state index in [9.17, 15) is 88.2 Å². The number of phenols is 1. The molecule has 3 aromatic carbocycles. The highest BCUT2D eigenvalue weighted by atomic mass is 16.5. The van der Waals surface area contributed by atoms with Gasteiger partial charge < -0.3 is 89.0 Å². The molecule has 1 saturated heterocycles. The van der Waals surface area contributed by atoms with Crippen LogP contribution in [0.2, 0.25) is 0 Å². The number of urea groups is 1. The fraction of sp³-hybridized carbons (Fsp3) is 0.613. The number of nitrogens with two attached hydrogens (primary N) is 1. The molecule has 1 fully saturated rings. The van der Waals surface area contributed by atoms with Gasteiger partial charge in [-0.1, -0.05) is 145 Å². The number of guanidine groups is 1. The topological polar surface area (TPSA) is 495 Å². The number of amides is 9. The average Bonchev–Trinajstić information content (AvgIpc) is 0.825. The summed E-state index contributed by atoms with van der Waals surface area (Å²) in [6.45, 7) is 5.40. The Morgan fingerprint density at radius 1 is 0.474 bits per heavy atom. The number of hydrogen-bond acceptors (Lipinski definition) is 19. The van der Waals surface area contributed by atoms with Gasteiger partial charge in [0.05, 0.1) is 38.7 Å². The SMILES string of the molecule is CCCCCCCCCCCCCCCC(=O)NC(O)(CCC(=O)N[C@@H](CCCCNC(=O)CN1CCN(CC(=O)O)CCN(CC(=O)O)CCN(CC(=O)O)CC1)C(=O)NCCCCOc1cccc(C(C(=O)N[C@H](CCCN/C(N)=N\C(=O)NCCNC(=O)CC)C(=O)NCc2ccc(O)cc2)c2ccccc2)c1)C(=O)O. The number of carbonyl (C=O) groups excluding carboxylic acids is 8. The predicted octanol–water partition coefficient (Wildman–Crippen LogP) is 3.92. The van der Waals surface area contributed by atoms with Crippen LogP contribution in [0.4, 0.5) is 4.79 Å². The third kappa shape index (κ3) is 42.7. The number of benzene rings is 3. The van der Waals surface area contributed by atoms with Gasteiger partial charge >= 0.3 is 29.9 Å². The molecule has 634 valence electrons. The standard InChI is InChI=1S/C80H125N15O19/c1-3-5-6-7-8-9-10-11-12-13-14-15-19-32-68(99)91-80(113,77(110)111)38-37-67(98)88-64(30-20-21-39-82-69(100)55-92-44-46-93(56-70(101)102)48-50-95(58-72(105)106)51-49-94(47-45-92)57-71(103)104)74(107)84-40-22-23-52-114-63-29-24-28-61(53-63)73(60-26-17-16-18-27-60)76(109)89-65(75(108)87-54-59-33-35-62(96)36-34-59)31-25-41-85-78(81)90-79(112)86-43-42-83-66(97)4-2/h16-18,24,26-29,33-36,53,64-65,73,96,113H,3-15,19-23,25,30-32,37-52,54-58H2,1-2H3,(H,82,100)(H,83,97)(H,84,107)(H,87,108)(H,88,98)(H,89,109)(H,91,99)(H,101,102)(H,103,104)(H,105,106)(H,110,111)(H4,81,85,86,90,112)/t64-,65+,73?,80?/m0/s1. The first-order chi connectivity index (χ1) is 54.7. The zero-order valence-corrected chi connectivity index (χ0v) is 66.4. The predicted molar refractivity (Wildman–Crippen MR) is 428 cm³/mol. The molecule has 0 bridgehead atoms. The number of phenolic OH excluding ortho intramolecular Hbond substituents is 1. The van der Waals surface area contributed by atoms with Crippen molar-refractivity contribution in [2.45, 2.75) is 198 Å². The maximum atomic E-state index is 14.7. The molecule has 0 aromatic heterocycles. The first kappa shape index (κ1) is 96.3. The normalized spacial score (nSPS) is 14.7. The Morgan fingerprint density at radius 3 is 1.54 bits per heavy atom. The van der Waals surface area contributed by atoms with Crippen molar-refractivity contribution >= 4 is 77.2 Å². The minimum atomic E-state index is -2.79. The van der Waals surface area contributed by atoms with Crippen molar-refractivity contribution in [3.63, 3.8) is 0 Å². The number of aliphatic carboxylic acids is 4. The molecule has 114 heavy (non-hydrogen) atoms. The van der Waals surface area contributed by atoms with E-state index in [1.807, 2.05) is 0 Å². The van der Waals surface area contributed by atoms with Gasteiger partial charge in [0.1, 0.15) is 23.6 Å². The highest BCUT2D eigenvalue weighted by molar-refractivity contribution is 5.93. The number of rotatable bonds is 55. The number of nitrogens with one attached hydrogen (secondary N) is 9. The van der Waals surface area contributed by atoms with Crippen molar-refractivity contribution in [3.05, 3.63) is 95.6 Å². The molecule has 0 aliphatic carbocycles. The van der Waals surface area contributed by atoms with Crippen LogP contribution in [0.1, 0.15) is 191 Å². The molecule has 2 unspecified atom stereocenters. The van der Waals surface area contributed by atoms with Crippen molar-refractivity contribution in [3.8, 4) is 11.5 Å². The molecule has 0 radical (unpaired) electrons. The zero-order valence-electron chi connectivity index (χ0n) is 66.4. The Kier molecular flexibility index (Phi) is 47.5. The fourth-order valence-corrected chi connectivity index (χ4v) is 12.7. The Balaban J connectivity index is 1.41. The first-order valence-corrected chi connectivity index (χ1v) is 40.2. The summed E-state index contributed by atoms with van der Waals surface area (Å²) < 4.78 is 6.20. The van der Waals surface area contributed by atoms with Crippen molar-refractivity contribution in [2.75, 3.05) is 118 Å². The molecule has 1 aliphatic heterocycles. The number of hydrogen-bond donors (Lipinski definition) is 16. The van der Waals surface area contributed by atoms with E-state index < -0.39 is 102 Å². The second kappa shape index (κ2) is 56.2. The summed E-state index contributed by atoms with van der Waals surface area (Å²) in [6, 6.07) is 19.1. The van der Waals surface area contributed by atoms with Crippen molar-refractivity contribution in [2.24, 2.45) is 10.7 Å². The monoisotopic (exact) mass is 1600 g/mol. The highest BCUT2D eigenvalue weighted by Gasteiger charge is 2.38. The number of aliphatic hydroxyl groups is 1. The van der Waals surface area contributed by atoms with E-state index in [4.69, 9.17) is 10.5 Å². The summed E-state index contributed by atoms with van der Waals surface area (Å²) in [5.41, 5.74) is 5.03. The number of aromatic hydroxyl groups is 1. The quantitative estimate of drug-likeness (QED) is 0.0165. The minimum absolute atomic E-state index is 0.0293. The van der Waals surface area contributed by atoms with E-state index in [0.717, 1.165) is 32.1 Å². The van der Waals surface area contributed by atoms with Crippen LogP contribution in [0, 0.1) is 0 Å². The lowest BCUT2D eigenvalue weighted by molar-refractivity contribution is -0.167. The largest absolute Gasteiger partial charge is 0.508 e. The van der Waals surface area contributed by atoms with Crippen molar-refractivity contribution in [1.82, 2.24) is 67.5 Å². The number of aliphatic imine (C=N–C) groups is 1. The summed E-state index contributed by atoms with van der Waals surface area (Å²) in [6.07, 6.45) is 14.9. The van der Waals surface area contributed by atoms with Crippen LogP contribution in [0.5, 0.6) is 11.5 Å². The van der Waals surface area contributed by atoms with Crippen LogP contribution in [0.15, 0.2) is 83.9 Å². The second-order valence-electron chi connectivity index (χ2n) is 28.7. The summed E-state index contributed by atoms with van der Waals surface area (Å²) in [5.74, 6) is -9.33. The maximum absolute atomic E-state index is 14.7. The van der Waals surface area contributed by atoms with Crippen LogP contribution in [-0.4, -0.2) is 263 Å². The van der Waals surface area contributed by atoms with E-state index in [1.165, 1.54) is 57.1 Å². The molecular formula is C80H125N15O19. The fourth-order valence-electron chi connectivity index (χ4n) is 12.7. The summed E-state index contributed by atoms with van der Waals surface area (Å²) >= 11 is 0. The van der Waals surface area contributed by atoms with Gasteiger partial charge in [-0.2, -0.15) is 4.99 Å². The minimum Gasteiger partial charge on any atom is -0.508 e. The van der Waals surface area contributed by atoms with Gasteiger partial charge in [0, 0.05) is 117 Å². The molecule has 34 heteroatoms. The highest BCUT2D eigenvalue weighted by Crippen LogP contribution is 2.29. The molecule has 34 nitrogen and oxygen atoms in total. The number of carbonyl (C=O) groups is 12. The van der Waals surface area contributed by atoms with Crippen molar-refractivity contribution in [1.29, 1.82) is 0 Å². The van der Waals surface area contributed by atoms with E-state index in [1.54, 1.807) is 93.3 Å². The second-order valence-corrected chi connectivity index (χ2v) is 28.7. The van der Waals surface area contributed by atoms with E-state index in [0.29, 0.717) is 54.5 Å². The van der Waals surface area contributed by atoms with Crippen LogP contribution < -0.4 is 58.3 Å². The molecule has 4 atom stereocenters. The lowest BCUT2D eigenvalue weighted by Crippen LogP contribution is -2.55. The van der Waals surface area contributed by atoms with Gasteiger partial charge in [0.2, 0.25) is 47.1 Å². The zero-order chi connectivity index (χ0) is 83.3. The molecule has 3 aromatic rings. The average molecular weight is 1600 g/mol. The molecule has 0 spiro atoms. The van der Waals surface area contributed by atoms with E-state index in [2.05, 4.69) is 59.8 Å². The van der Waals surface area contributed by atoms with E-state index in [-0.39, 0.29) is 174 Å². The molecular weight excluding hydrogens is 1470 g/mol. The summed E-state index contributed by atoms with van der Waals surface area (Å²) in [4.78, 5) is 165.